The van der Waals surface area contributed by atoms with E-state index in [0.29, 0.717) is 11.5 Å². The van der Waals surface area contributed by atoms with E-state index >= 15 is 0 Å². The van der Waals surface area contributed by atoms with E-state index in [0.717, 1.165) is 17.7 Å². The van der Waals surface area contributed by atoms with Gasteiger partial charge in [0.05, 0.1) is 5.69 Å². The summed E-state index contributed by atoms with van der Waals surface area (Å²) < 4.78 is 32.4. The number of aryl methyl sites for hydroxylation is 2. The van der Waals surface area contributed by atoms with Gasteiger partial charge in [-0.3, -0.25) is 4.31 Å². The van der Waals surface area contributed by atoms with Crippen LogP contribution in [0, 0.1) is 13.8 Å². The van der Waals surface area contributed by atoms with E-state index < -0.39 is 10.0 Å². The van der Waals surface area contributed by atoms with E-state index in [1.165, 1.54) is 4.31 Å². The number of nitrogens with zero attached hydrogens (tertiary/aromatic N) is 2. The van der Waals surface area contributed by atoms with Crippen molar-refractivity contribution in [1.82, 2.24) is 5.16 Å². The van der Waals surface area contributed by atoms with Gasteiger partial charge in [0.2, 0.25) is 0 Å². The Labute approximate surface area is 118 Å². The first-order valence-corrected chi connectivity index (χ1v) is 7.92. The first kappa shape index (κ1) is 13.2. The Balaban J connectivity index is 2.18. The lowest BCUT2D eigenvalue weighted by atomic mass is 10.1. The molecule has 1 atom stereocenters. The molecule has 3 rings (SSSR count). The summed E-state index contributed by atoms with van der Waals surface area (Å²) in [6, 6.07) is 7.49. The molecule has 0 saturated heterocycles. The van der Waals surface area contributed by atoms with Crippen LogP contribution in [0.2, 0.25) is 0 Å². The third kappa shape index (κ3) is 1.75. The number of benzene rings is 1. The Morgan fingerprint density at radius 2 is 2.00 bits per heavy atom. The Kier molecular flexibility index (Phi) is 2.86. The van der Waals surface area contributed by atoms with Crippen molar-refractivity contribution < 1.29 is 12.9 Å². The molecule has 1 aliphatic rings. The van der Waals surface area contributed by atoms with Crippen LogP contribution in [0.25, 0.3) is 0 Å². The molecule has 0 aliphatic carbocycles. The van der Waals surface area contributed by atoms with Crippen molar-refractivity contribution in [3.05, 3.63) is 41.3 Å². The normalized spacial score (nSPS) is 18.4. The average Bonchev–Trinajstić information content (AvgIpc) is 2.88. The quantitative estimate of drug-likeness (QED) is 0.853. The molecule has 6 heteroatoms. The van der Waals surface area contributed by atoms with Crippen LogP contribution in [0.15, 0.2) is 33.7 Å². The smallest absolute Gasteiger partial charge is 0.269 e. The molecule has 0 bridgehead atoms. The van der Waals surface area contributed by atoms with Gasteiger partial charge in [0.15, 0.2) is 10.7 Å². The first-order valence-electron chi connectivity index (χ1n) is 6.48. The molecule has 0 saturated carbocycles. The Bertz CT molecular complexity index is 745. The SMILES string of the molecule is Cc1noc(C)c1S(=O)(=O)N1c2ccccc2CC1C. The third-order valence-corrected chi connectivity index (χ3v) is 5.80. The minimum Gasteiger partial charge on any atom is -0.360 e. The summed E-state index contributed by atoms with van der Waals surface area (Å²) in [6.45, 7) is 5.19. The van der Waals surface area contributed by atoms with Crippen molar-refractivity contribution in [3.8, 4) is 0 Å². The van der Waals surface area contributed by atoms with Gasteiger partial charge in [0.25, 0.3) is 10.0 Å². The molecule has 20 heavy (non-hydrogen) atoms. The number of hydrogen-bond acceptors (Lipinski definition) is 4. The highest BCUT2D eigenvalue weighted by atomic mass is 32.2. The molecule has 106 valence electrons. The van der Waals surface area contributed by atoms with Crippen LogP contribution in [0.1, 0.15) is 23.9 Å². The highest BCUT2D eigenvalue weighted by Crippen LogP contribution is 2.37. The fraction of sp³-hybridized carbons (Fsp3) is 0.357. The molecular weight excluding hydrogens is 276 g/mol. The minimum atomic E-state index is -3.64. The van der Waals surface area contributed by atoms with Gasteiger partial charge in [0, 0.05) is 6.04 Å². The van der Waals surface area contributed by atoms with Crippen LogP contribution in [0.5, 0.6) is 0 Å². The second kappa shape index (κ2) is 4.34. The molecule has 2 aromatic rings. The zero-order valence-corrected chi connectivity index (χ0v) is 12.4. The second-order valence-electron chi connectivity index (χ2n) is 5.14. The Hall–Kier alpha value is -1.82. The van der Waals surface area contributed by atoms with Crippen LogP contribution < -0.4 is 4.31 Å². The maximum atomic E-state index is 12.9. The van der Waals surface area contributed by atoms with Crippen molar-refractivity contribution in [2.45, 2.75) is 38.1 Å². The van der Waals surface area contributed by atoms with E-state index in [4.69, 9.17) is 4.52 Å². The zero-order chi connectivity index (χ0) is 14.5. The predicted octanol–water partition coefficient (Wildman–Crippen LogP) is 2.43. The van der Waals surface area contributed by atoms with Crippen molar-refractivity contribution in [2.75, 3.05) is 4.31 Å². The molecule has 0 N–H and O–H groups in total. The van der Waals surface area contributed by atoms with Crippen molar-refractivity contribution in [3.63, 3.8) is 0 Å². The fourth-order valence-electron chi connectivity index (χ4n) is 2.84. The molecule has 1 aromatic heterocycles. The number of fused-ring (bicyclic) bond motifs is 1. The molecular formula is C14H16N2O3S. The van der Waals surface area contributed by atoms with Crippen molar-refractivity contribution in [2.24, 2.45) is 0 Å². The lowest BCUT2D eigenvalue weighted by Gasteiger charge is -2.24. The first-order chi connectivity index (χ1) is 9.43. The third-order valence-electron chi connectivity index (χ3n) is 3.63. The molecule has 5 nitrogen and oxygen atoms in total. The summed E-state index contributed by atoms with van der Waals surface area (Å²) in [4.78, 5) is 0.182. The van der Waals surface area contributed by atoms with Gasteiger partial charge < -0.3 is 4.52 Å². The number of sulfonamides is 1. The van der Waals surface area contributed by atoms with Crippen LogP contribution in [0.3, 0.4) is 0 Å². The largest absolute Gasteiger partial charge is 0.360 e. The van der Waals surface area contributed by atoms with Gasteiger partial charge >= 0.3 is 0 Å². The molecule has 2 heterocycles. The number of para-hydroxylation sites is 1. The monoisotopic (exact) mass is 292 g/mol. The molecule has 0 radical (unpaired) electrons. The van der Waals surface area contributed by atoms with Gasteiger partial charge in [-0.05, 0) is 38.8 Å². The molecule has 1 aromatic carbocycles. The Morgan fingerprint density at radius 1 is 1.30 bits per heavy atom. The highest BCUT2D eigenvalue weighted by molar-refractivity contribution is 7.93. The minimum absolute atomic E-state index is 0.105. The zero-order valence-electron chi connectivity index (χ0n) is 11.6. The van der Waals surface area contributed by atoms with E-state index in [9.17, 15) is 8.42 Å². The van der Waals surface area contributed by atoms with Gasteiger partial charge in [-0.15, -0.1) is 0 Å². The number of hydrogen-bond donors (Lipinski definition) is 0. The lowest BCUT2D eigenvalue weighted by Crippen LogP contribution is -2.36. The van der Waals surface area contributed by atoms with Crippen molar-refractivity contribution >= 4 is 15.7 Å². The molecule has 0 fully saturated rings. The van der Waals surface area contributed by atoms with Crippen LogP contribution >= 0.6 is 0 Å². The number of anilines is 1. The molecule has 1 aliphatic heterocycles. The standard InChI is InChI=1S/C14H16N2O3S/c1-9-8-12-6-4-5-7-13(12)16(9)20(17,18)14-10(2)15-19-11(14)3/h4-7,9H,8H2,1-3H3. The van der Waals surface area contributed by atoms with E-state index in [1.54, 1.807) is 13.8 Å². The van der Waals surface area contributed by atoms with Gasteiger partial charge in [0.1, 0.15) is 5.69 Å². The predicted molar refractivity (Wildman–Crippen MR) is 75.2 cm³/mol. The van der Waals surface area contributed by atoms with Gasteiger partial charge in [-0.2, -0.15) is 0 Å². The summed E-state index contributed by atoms with van der Waals surface area (Å²) in [6.07, 6.45) is 0.721. The maximum Gasteiger partial charge on any atom is 0.269 e. The lowest BCUT2D eigenvalue weighted by molar-refractivity contribution is 0.390. The van der Waals surface area contributed by atoms with Gasteiger partial charge in [-0.25, -0.2) is 8.42 Å². The summed E-state index contributed by atoms with van der Waals surface area (Å²) in [5.41, 5.74) is 2.20. The molecule has 0 amide bonds. The summed E-state index contributed by atoms with van der Waals surface area (Å²) >= 11 is 0. The van der Waals surface area contributed by atoms with Gasteiger partial charge in [-0.1, -0.05) is 23.4 Å². The van der Waals surface area contributed by atoms with E-state index in [1.807, 2.05) is 31.2 Å². The maximum absolute atomic E-state index is 12.9. The topological polar surface area (TPSA) is 63.4 Å². The van der Waals surface area contributed by atoms with E-state index in [2.05, 4.69) is 5.16 Å². The summed E-state index contributed by atoms with van der Waals surface area (Å²) in [5, 5.41) is 3.75. The van der Waals surface area contributed by atoms with Crippen molar-refractivity contribution in [1.29, 1.82) is 0 Å². The highest BCUT2D eigenvalue weighted by Gasteiger charge is 2.38. The second-order valence-corrected chi connectivity index (χ2v) is 6.89. The summed E-state index contributed by atoms with van der Waals surface area (Å²) in [5.74, 6) is 0.332. The number of rotatable bonds is 2. The van der Waals surface area contributed by atoms with Crippen LogP contribution in [-0.4, -0.2) is 19.6 Å². The van der Waals surface area contributed by atoms with E-state index in [-0.39, 0.29) is 10.9 Å². The molecule has 0 spiro atoms. The van der Waals surface area contributed by atoms with Crippen LogP contribution in [0.4, 0.5) is 5.69 Å². The fourth-order valence-corrected chi connectivity index (χ4v) is 4.84. The Morgan fingerprint density at radius 3 is 2.65 bits per heavy atom. The van der Waals surface area contributed by atoms with Crippen LogP contribution in [-0.2, 0) is 16.4 Å². The number of aromatic nitrogens is 1. The average molecular weight is 292 g/mol. The summed E-state index contributed by atoms with van der Waals surface area (Å²) in [7, 11) is -3.64. The molecule has 1 unspecified atom stereocenters.